The maximum Gasteiger partial charge on any atom is 0.228 e. The standard InChI is InChI=1S/C12H23N3O.2ClH/c1-14-5-3-4-10(8-14)9-15(2)12(16)11-6-13-7-11;;/h10-11,13H,3-9H2,1-2H3;2*1H. The summed E-state index contributed by atoms with van der Waals surface area (Å²) in [6, 6.07) is 0. The summed E-state index contributed by atoms with van der Waals surface area (Å²) in [6.07, 6.45) is 2.54. The molecule has 0 saturated carbocycles. The molecule has 2 aliphatic heterocycles. The number of halogens is 2. The van der Waals surface area contributed by atoms with Crippen molar-refractivity contribution in [1.29, 1.82) is 0 Å². The molecule has 0 spiro atoms. The summed E-state index contributed by atoms with van der Waals surface area (Å²) in [5.74, 6) is 1.24. The van der Waals surface area contributed by atoms with Crippen molar-refractivity contribution in [2.24, 2.45) is 11.8 Å². The Kier molecular flexibility index (Phi) is 8.19. The lowest BCUT2D eigenvalue weighted by Crippen LogP contribution is -2.52. The predicted octanol–water partition coefficient (Wildman–Crippen LogP) is 0.850. The molecule has 108 valence electrons. The highest BCUT2D eigenvalue weighted by atomic mass is 35.5. The fourth-order valence-corrected chi connectivity index (χ4v) is 2.67. The van der Waals surface area contributed by atoms with E-state index in [1.807, 2.05) is 11.9 Å². The molecule has 1 N–H and O–H groups in total. The van der Waals surface area contributed by atoms with Gasteiger partial charge in [-0.05, 0) is 32.4 Å². The van der Waals surface area contributed by atoms with Gasteiger partial charge in [-0.15, -0.1) is 24.8 Å². The van der Waals surface area contributed by atoms with Crippen LogP contribution in [0.4, 0.5) is 0 Å². The van der Waals surface area contributed by atoms with Gasteiger partial charge in [-0.1, -0.05) is 0 Å². The number of hydrogen-bond donors (Lipinski definition) is 1. The highest BCUT2D eigenvalue weighted by molar-refractivity contribution is 5.85. The van der Waals surface area contributed by atoms with E-state index in [0.717, 1.165) is 26.2 Å². The average Bonchev–Trinajstić information content (AvgIpc) is 2.14. The van der Waals surface area contributed by atoms with Crippen molar-refractivity contribution in [3.8, 4) is 0 Å². The molecule has 0 aromatic carbocycles. The topological polar surface area (TPSA) is 35.6 Å². The maximum atomic E-state index is 12.0. The summed E-state index contributed by atoms with van der Waals surface area (Å²) < 4.78 is 0. The van der Waals surface area contributed by atoms with Gasteiger partial charge >= 0.3 is 0 Å². The van der Waals surface area contributed by atoms with Crippen LogP contribution in [0.25, 0.3) is 0 Å². The normalized spacial score (nSPS) is 24.4. The van der Waals surface area contributed by atoms with Gasteiger partial charge in [-0.2, -0.15) is 0 Å². The molecule has 18 heavy (non-hydrogen) atoms. The largest absolute Gasteiger partial charge is 0.345 e. The van der Waals surface area contributed by atoms with Crippen LogP contribution in [0.3, 0.4) is 0 Å². The van der Waals surface area contributed by atoms with Gasteiger partial charge in [0.25, 0.3) is 0 Å². The first-order chi connectivity index (χ1) is 7.66. The van der Waals surface area contributed by atoms with Crippen LogP contribution in [0.5, 0.6) is 0 Å². The highest BCUT2D eigenvalue weighted by Crippen LogP contribution is 2.17. The Balaban J connectivity index is 0.00000144. The van der Waals surface area contributed by atoms with Crippen LogP contribution in [0.2, 0.25) is 0 Å². The van der Waals surface area contributed by atoms with Crippen molar-refractivity contribution >= 4 is 30.7 Å². The minimum absolute atomic E-state index is 0. The number of amides is 1. The van der Waals surface area contributed by atoms with E-state index >= 15 is 0 Å². The first kappa shape index (κ1) is 18.0. The summed E-state index contributed by atoms with van der Waals surface area (Å²) in [4.78, 5) is 16.3. The molecule has 0 radical (unpaired) electrons. The smallest absolute Gasteiger partial charge is 0.228 e. The van der Waals surface area contributed by atoms with E-state index in [2.05, 4.69) is 17.3 Å². The van der Waals surface area contributed by atoms with Crippen molar-refractivity contribution in [1.82, 2.24) is 15.1 Å². The minimum Gasteiger partial charge on any atom is -0.345 e. The Morgan fingerprint density at radius 3 is 2.56 bits per heavy atom. The van der Waals surface area contributed by atoms with Crippen LogP contribution in [-0.4, -0.2) is 62.5 Å². The van der Waals surface area contributed by atoms with Crippen LogP contribution in [0.1, 0.15) is 12.8 Å². The third kappa shape index (κ3) is 4.57. The van der Waals surface area contributed by atoms with Crippen LogP contribution < -0.4 is 5.32 Å². The molecule has 0 aliphatic carbocycles. The first-order valence-electron chi connectivity index (χ1n) is 6.31. The van der Waals surface area contributed by atoms with Crippen molar-refractivity contribution < 1.29 is 4.79 Å². The van der Waals surface area contributed by atoms with Crippen LogP contribution in [-0.2, 0) is 4.79 Å². The first-order valence-corrected chi connectivity index (χ1v) is 6.31. The Hall–Kier alpha value is -0.0300. The number of nitrogens with one attached hydrogen (secondary N) is 1. The monoisotopic (exact) mass is 297 g/mol. The summed E-state index contributed by atoms with van der Waals surface area (Å²) in [5.41, 5.74) is 0. The van der Waals surface area contributed by atoms with Crippen LogP contribution in [0, 0.1) is 11.8 Å². The lowest BCUT2D eigenvalue weighted by atomic mass is 9.96. The highest BCUT2D eigenvalue weighted by Gasteiger charge is 2.29. The van der Waals surface area contributed by atoms with Gasteiger partial charge in [0.2, 0.25) is 5.91 Å². The number of piperidine rings is 1. The van der Waals surface area contributed by atoms with E-state index in [9.17, 15) is 4.79 Å². The van der Waals surface area contributed by atoms with Crippen molar-refractivity contribution in [2.45, 2.75) is 12.8 Å². The van der Waals surface area contributed by atoms with Gasteiger partial charge < -0.3 is 15.1 Å². The predicted molar refractivity (Wildman–Crippen MR) is 78.7 cm³/mol. The molecule has 2 saturated heterocycles. The SMILES string of the molecule is CN1CCCC(CN(C)C(=O)C2CNC2)C1.Cl.Cl. The summed E-state index contributed by atoms with van der Waals surface area (Å²) in [7, 11) is 4.12. The van der Waals surface area contributed by atoms with Crippen molar-refractivity contribution in [3.63, 3.8) is 0 Å². The fourth-order valence-electron chi connectivity index (χ4n) is 2.67. The van der Waals surface area contributed by atoms with Gasteiger partial charge in [-0.25, -0.2) is 0 Å². The van der Waals surface area contributed by atoms with E-state index in [1.165, 1.54) is 19.4 Å². The van der Waals surface area contributed by atoms with Gasteiger partial charge in [0, 0.05) is 33.2 Å². The Morgan fingerprint density at radius 2 is 2.06 bits per heavy atom. The molecule has 4 nitrogen and oxygen atoms in total. The second-order valence-corrected chi connectivity index (χ2v) is 5.34. The van der Waals surface area contributed by atoms with Gasteiger partial charge in [0.1, 0.15) is 0 Å². The molecule has 1 amide bonds. The summed E-state index contributed by atoms with van der Waals surface area (Å²) in [6.45, 7) is 5.02. The third-order valence-corrected chi connectivity index (χ3v) is 3.76. The van der Waals surface area contributed by atoms with Gasteiger partial charge in [-0.3, -0.25) is 4.79 Å². The number of likely N-dealkylation sites (tertiary alicyclic amines) is 1. The lowest BCUT2D eigenvalue weighted by Gasteiger charge is -2.35. The lowest BCUT2D eigenvalue weighted by molar-refractivity contribution is -0.136. The molecule has 2 fully saturated rings. The van der Waals surface area contributed by atoms with Crippen molar-refractivity contribution in [2.75, 3.05) is 46.8 Å². The Labute approximate surface area is 122 Å². The maximum absolute atomic E-state index is 12.0. The van der Waals surface area contributed by atoms with Gasteiger partial charge in [0.15, 0.2) is 0 Å². The average molecular weight is 298 g/mol. The molecule has 2 aliphatic rings. The number of nitrogens with zero attached hydrogens (tertiary/aromatic N) is 2. The third-order valence-electron chi connectivity index (χ3n) is 3.76. The van der Waals surface area contributed by atoms with E-state index in [0.29, 0.717) is 11.8 Å². The number of rotatable bonds is 3. The Bertz CT molecular complexity index is 262. The van der Waals surface area contributed by atoms with E-state index in [-0.39, 0.29) is 30.7 Å². The summed E-state index contributed by atoms with van der Waals surface area (Å²) in [5, 5.41) is 3.15. The molecule has 1 unspecified atom stereocenters. The number of carbonyl (C=O) groups is 1. The number of carbonyl (C=O) groups excluding carboxylic acids is 1. The zero-order valence-corrected chi connectivity index (χ0v) is 12.9. The molecule has 6 heteroatoms. The molecule has 0 aromatic rings. The quantitative estimate of drug-likeness (QED) is 0.839. The van der Waals surface area contributed by atoms with E-state index in [4.69, 9.17) is 0 Å². The second-order valence-electron chi connectivity index (χ2n) is 5.34. The minimum atomic E-state index is 0. The molecule has 0 aromatic heterocycles. The summed E-state index contributed by atoms with van der Waals surface area (Å²) >= 11 is 0. The van der Waals surface area contributed by atoms with E-state index < -0.39 is 0 Å². The zero-order chi connectivity index (χ0) is 11.5. The molecular formula is C12H25Cl2N3O. The Morgan fingerprint density at radius 1 is 1.39 bits per heavy atom. The number of hydrogen-bond acceptors (Lipinski definition) is 3. The fraction of sp³-hybridized carbons (Fsp3) is 0.917. The van der Waals surface area contributed by atoms with Crippen molar-refractivity contribution in [3.05, 3.63) is 0 Å². The molecule has 2 rings (SSSR count). The molecule has 2 heterocycles. The second kappa shape index (κ2) is 8.20. The van der Waals surface area contributed by atoms with Crippen LogP contribution in [0.15, 0.2) is 0 Å². The van der Waals surface area contributed by atoms with E-state index in [1.54, 1.807) is 0 Å². The molecular weight excluding hydrogens is 273 g/mol. The molecule has 1 atom stereocenters. The van der Waals surface area contributed by atoms with Gasteiger partial charge in [0.05, 0.1) is 5.92 Å². The zero-order valence-electron chi connectivity index (χ0n) is 11.2. The molecule has 0 bridgehead atoms. The van der Waals surface area contributed by atoms with Crippen LogP contribution >= 0.6 is 24.8 Å².